The Kier molecular flexibility index (Phi) is 4.22. The largest absolute Gasteiger partial charge is 0.444 e. The van der Waals surface area contributed by atoms with Gasteiger partial charge in [-0.2, -0.15) is 0 Å². The predicted molar refractivity (Wildman–Crippen MR) is 97.0 cm³/mol. The van der Waals surface area contributed by atoms with Crippen LogP contribution < -0.4 is 11.1 Å². The number of anilines is 2. The van der Waals surface area contributed by atoms with E-state index in [0.29, 0.717) is 11.2 Å². The van der Waals surface area contributed by atoms with Crippen LogP contribution in [-0.4, -0.2) is 26.6 Å². The van der Waals surface area contributed by atoms with Crippen LogP contribution in [0.25, 0.3) is 22.2 Å². The number of carbonyl (C=O) groups is 1. The van der Waals surface area contributed by atoms with Crippen molar-refractivity contribution in [2.75, 3.05) is 11.1 Å². The molecule has 3 N–H and O–H groups in total. The van der Waals surface area contributed by atoms with E-state index in [4.69, 9.17) is 10.5 Å². The molecule has 0 aliphatic carbocycles. The molecule has 2 aromatic heterocycles. The molecule has 0 unspecified atom stereocenters. The van der Waals surface area contributed by atoms with E-state index in [1.54, 1.807) is 45.3 Å². The fourth-order valence-electron chi connectivity index (χ4n) is 2.24. The Hall–Kier alpha value is -3.22. The SMILES string of the molecule is CC(C)(C)OC(=O)Nc1ncc2ccc(-c3cc(N)ccn3)cc2n1. The molecule has 128 valence electrons. The van der Waals surface area contributed by atoms with E-state index in [1.807, 2.05) is 18.2 Å². The standard InChI is InChI=1S/C18H19N5O2/c1-18(2,3)25-17(24)23-16-21-10-12-5-4-11(8-15(12)22-16)14-9-13(19)6-7-20-14/h4-10H,1-3H3,(H2,19,20)(H,21,22,23,24). The number of carbonyl (C=O) groups excluding carboxylic acids is 1. The first kappa shape index (κ1) is 16.6. The third-order valence-electron chi connectivity index (χ3n) is 3.28. The van der Waals surface area contributed by atoms with E-state index < -0.39 is 11.7 Å². The summed E-state index contributed by atoms with van der Waals surface area (Å²) in [7, 11) is 0. The summed E-state index contributed by atoms with van der Waals surface area (Å²) in [5.41, 5.74) is 8.17. The molecule has 0 saturated heterocycles. The molecule has 0 spiro atoms. The number of rotatable bonds is 2. The zero-order valence-electron chi connectivity index (χ0n) is 14.3. The highest BCUT2D eigenvalue weighted by atomic mass is 16.6. The number of hydrogen-bond donors (Lipinski definition) is 2. The van der Waals surface area contributed by atoms with E-state index >= 15 is 0 Å². The fraction of sp³-hybridized carbons (Fsp3) is 0.222. The van der Waals surface area contributed by atoms with Crippen molar-refractivity contribution in [2.45, 2.75) is 26.4 Å². The zero-order chi connectivity index (χ0) is 18.0. The minimum absolute atomic E-state index is 0.180. The monoisotopic (exact) mass is 337 g/mol. The van der Waals surface area contributed by atoms with Crippen LogP contribution in [0.1, 0.15) is 20.8 Å². The first-order valence-corrected chi connectivity index (χ1v) is 7.79. The minimum Gasteiger partial charge on any atom is -0.444 e. The summed E-state index contributed by atoms with van der Waals surface area (Å²) in [5, 5.41) is 3.39. The lowest BCUT2D eigenvalue weighted by atomic mass is 10.1. The van der Waals surface area contributed by atoms with E-state index in [-0.39, 0.29) is 5.95 Å². The van der Waals surface area contributed by atoms with Gasteiger partial charge in [0.1, 0.15) is 5.60 Å². The number of benzene rings is 1. The molecule has 0 atom stereocenters. The first-order valence-electron chi connectivity index (χ1n) is 7.79. The molecule has 2 heterocycles. The molecule has 25 heavy (non-hydrogen) atoms. The smallest absolute Gasteiger partial charge is 0.414 e. The molecule has 3 rings (SSSR count). The van der Waals surface area contributed by atoms with Gasteiger partial charge in [0.05, 0.1) is 11.2 Å². The highest BCUT2D eigenvalue weighted by Gasteiger charge is 2.17. The summed E-state index contributed by atoms with van der Waals surface area (Å²) >= 11 is 0. The van der Waals surface area contributed by atoms with E-state index in [9.17, 15) is 4.79 Å². The van der Waals surface area contributed by atoms with Crippen molar-refractivity contribution in [1.29, 1.82) is 0 Å². The third-order valence-corrected chi connectivity index (χ3v) is 3.28. The molecule has 1 amide bonds. The van der Waals surface area contributed by atoms with Crippen LogP contribution in [0.4, 0.5) is 16.4 Å². The summed E-state index contributed by atoms with van der Waals surface area (Å²) in [4.78, 5) is 24.7. The van der Waals surface area contributed by atoms with Gasteiger partial charge in [-0.25, -0.2) is 14.8 Å². The van der Waals surface area contributed by atoms with E-state index in [2.05, 4.69) is 20.3 Å². The van der Waals surface area contributed by atoms with Crippen LogP contribution in [0.2, 0.25) is 0 Å². The number of nitrogen functional groups attached to an aromatic ring is 1. The molecule has 7 nitrogen and oxygen atoms in total. The predicted octanol–water partition coefficient (Wildman–Crippen LogP) is 3.62. The molecule has 0 aliphatic heterocycles. The van der Waals surface area contributed by atoms with Crippen LogP contribution in [0, 0.1) is 0 Å². The molecule has 0 aliphatic rings. The maximum absolute atomic E-state index is 11.9. The van der Waals surface area contributed by atoms with Gasteiger partial charge in [0, 0.05) is 29.0 Å². The van der Waals surface area contributed by atoms with Crippen LogP contribution >= 0.6 is 0 Å². The fourth-order valence-corrected chi connectivity index (χ4v) is 2.24. The number of aromatic nitrogens is 3. The Labute approximate surface area is 145 Å². The topological polar surface area (TPSA) is 103 Å². The van der Waals surface area contributed by atoms with Crippen molar-refractivity contribution in [2.24, 2.45) is 0 Å². The number of nitrogens with one attached hydrogen (secondary N) is 1. The average molecular weight is 337 g/mol. The van der Waals surface area contributed by atoms with Gasteiger partial charge in [-0.1, -0.05) is 12.1 Å². The summed E-state index contributed by atoms with van der Waals surface area (Å²) in [6, 6.07) is 9.22. The highest BCUT2D eigenvalue weighted by Crippen LogP contribution is 2.23. The number of fused-ring (bicyclic) bond motifs is 1. The number of nitrogens with two attached hydrogens (primary N) is 1. The van der Waals surface area contributed by atoms with Crippen molar-refractivity contribution in [1.82, 2.24) is 15.0 Å². The molecule has 0 saturated carbocycles. The van der Waals surface area contributed by atoms with Gasteiger partial charge < -0.3 is 10.5 Å². The molecule has 7 heteroatoms. The second-order valence-electron chi connectivity index (χ2n) is 6.57. The van der Waals surface area contributed by atoms with Crippen LogP contribution in [0.3, 0.4) is 0 Å². The number of hydrogen-bond acceptors (Lipinski definition) is 6. The Morgan fingerprint density at radius 2 is 1.96 bits per heavy atom. The van der Waals surface area contributed by atoms with E-state index in [1.165, 1.54) is 0 Å². The normalized spacial score (nSPS) is 11.3. The molecular formula is C18H19N5O2. The van der Waals surface area contributed by atoms with Gasteiger partial charge >= 0.3 is 6.09 Å². The number of ether oxygens (including phenoxy) is 1. The minimum atomic E-state index is -0.597. The Morgan fingerprint density at radius 3 is 2.68 bits per heavy atom. The lowest BCUT2D eigenvalue weighted by molar-refractivity contribution is 0.0634. The summed E-state index contributed by atoms with van der Waals surface area (Å²) in [6.07, 6.45) is 2.70. The van der Waals surface area contributed by atoms with Gasteiger partial charge in [-0.15, -0.1) is 0 Å². The molecule has 3 aromatic rings. The Balaban J connectivity index is 1.90. The van der Waals surface area contributed by atoms with Gasteiger partial charge in [-0.05, 0) is 39.0 Å². The van der Waals surface area contributed by atoms with Crippen molar-refractivity contribution in [3.63, 3.8) is 0 Å². The first-order chi connectivity index (χ1) is 11.8. The molecule has 0 bridgehead atoms. The van der Waals surface area contributed by atoms with Gasteiger partial charge in [-0.3, -0.25) is 10.3 Å². The molecule has 1 aromatic carbocycles. The molecule has 0 fully saturated rings. The van der Waals surface area contributed by atoms with Crippen molar-refractivity contribution >= 4 is 28.6 Å². The second kappa shape index (κ2) is 6.35. The number of amides is 1. The Morgan fingerprint density at radius 1 is 1.16 bits per heavy atom. The third kappa shape index (κ3) is 4.20. The number of nitrogens with zero attached hydrogens (tertiary/aromatic N) is 3. The van der Waals surface area contributed by atoms with Crippen molar-refractivity contribution < 1.29 is 9.53 Å². The molecule has 0 radical (unpaired) electrons. The van der Waals surface area contributed by atoms with Crippen molar-refractivity contribution in [3.05, 3.63) is 42.7 Å². The van der Waals surface area contributed by atoms with Crippen LogP contribution in [0.5, 0.6) is 0 Å². The van der Waals surface area contributed by atoms with Gasteiger partial charge in [0.15, 0.2) is 0 Å². The highest BCUT2D eigenvalue weighted by molar-refractivity contribution is 5.87. The summed E-state index contributed by atoms with van der Waals surface area (Å²) in [6.45, 7) is 5.37. The van der Waals surface area contributed by atoms with Crippen LogP contribution in [-0.2, 0) is 4.74 Å². The lowest BCUT2D eigenvalue weighted by Crippen LogP contribution is -2.27. The number of pyridine rings is 1. The Bertz CT molecular complexity index is 934. The maximum atomic E-state index is 11.9. The van der Waals surface area contributed by atoms with E-state index in [0.717, 1.165) is 16.6 Å². The summed E-state index contributed by atoms with van der Waals surface area (Å²) < 4.78 is 5.21. The van der Waals surface area contributed by atoms with Gasteiger partial charge in [0.2, 0.25) is 5.95 Å². The maximum Gasteiger partial charge on any atom is 0.414 e. The lowest BCUT2D eigenvalue weighted by Gasteiger charge is -2.19. The molecular weight excluding hydrogens is 318 g/mol. The zero-order valence-corrected chi connectivity index (χ0v) is 14.3. The quantitative estimate of drug-likeness (QED) is 0.740. The average Bonchev–Trinajstić information content (AvgIpc) is 2.52. The van der Waals surface area contributed by atoms with Crippen LogP contribution in [0.15, 0.2) is 42.7 Å². The van der Waals surface area contributed by atoms with Crippen molar-refractivity contribution in [3.8, 4) is 11.3 Å². The summed E-state index contributed by atoms with van der Waals surface area (Å²) in [5.74, 6) is 0.180. The van der Waals surface area contributed by atoms with Gasteiger partial charge in [0.25, 0.3) is 0 Å². The second-order valence-corrected chi connectivity index (χ2v) is 6.57.